The molecule has 0 atom stereocenters. The van der Waals surface area contributed by atoms with Gasteiger partial charge < -0.3 is 19.3 Å². The molecule has 0 spiro atoms. The van der Waals surface area contributed by atoms with Gasteiger partial charge in [-0.05, 0) is 36.4 Å². The lowest BCUT2D eigenvalue weighted by Gasteiger charge is -2.15. The molecule has 1 amide bonds. The molecule has 0 bridgehead atoms. The number of hydrogen-bond acceptors (Lipinski definition) is 6. The molecule has 4 rings (SSSR count). The van der Waals surface area contributed by atoms with Crippen molar-refractivity contribution in [1.82, 2.24) is 5.16 Å². The smallest absolute Gasteiger partial charge is 0.337 e. The predicted octanol–water partition coefficient (Wildman–Crippen LogP) is 3.27. The maximum atomic E-state index is 12.6. The zero-order chi connectivity index (χ0) is 18.1. The van der Waals surface area contributed by atoms with E-state index in [2.05, 4.69) is 15.2 Å². The fourth-order valence-corrected chi connectivity index (χ4v) is 2.76. The predicted molar refractivity (Wildman–Crippen MR) is 92.0 cm³/mol. The highest BCUT2D eigenvalue weighted by atomic mass is 16.5. The van der Waals surface area contributed by atoms with Crippen LogP contribution in [-0.4, -0.2) is 24.1 Å². The Balaban J connectivity index is 1.57. The van der Waals surface area contributed by atoms with Crippen LogP contribution in [0, 0.1) is 0 Å². The average molecular weight is 350 g/mol. The molecule has 130 valence electrons. The summed E-state index contributed by atoms with van der Waals surface area (Å²) >= 11 is 0. The molecule has 2 aromatic carbocycles. The van der Waals surface area contributed by atoms with E-state index in [4.69, 9.17) is 9.26 Å². The number of rotatable bonds is 3. The molecule has 0 fully saturated rings. The molecule has 0 saturated heterocycles. The number of para-hydroxylation sites is 1. The first-order chi connectivity index (χ1) is 12.7. The zero-order valence-corrected chi connectivity index (χ0v) is 13.8. The van der Waals surface area contributed by atoms with E-state index in [9.17, 15) is 9.59 Å². The molecule has 7 nitrogen and oxygen atoms in total. The highest BCUT2D eigenvalue weighted by molar-refractivity contribution is 6.05. The van der Waals surface area contributed by atoms with Gasteiger partial charge in [0.15, 0.2) is 11.5 Å². The monoisotopic (exact) mass is 350 g/mol. The van der Waals surface area contributed by atoms with Crippen LogP contribution in [0.2, 0.25) is 0 Å². The van der Waals surface area contributed by atoms with E-state index in [0.29, 0.717) is 28.3 Å². The van der Waals surface area contributed by atoms with E-state index in [-0.39, 0.29) is 12.3 Å². The molecule has 3 aromatic rings. The number of amides is 1. The Morgan fingerprint density at radius 2 is 1.88 bits per heavy atom. The Hall–Kier alpha value is -3.61. The first-order valence-corrected chi connectivity index (χ1v) is 7.88. The number of aromatic nitrogens is 1. The normalized spacial score (nSPS) is 11.7. The lowest BCUT2D eigenvalue weighted by atomic mass is 10.0. The van der Waals surface area contributed by atoms with Crippen LogP contribution >= 0.6 is 0 Å². The van der Waals surface area contributed by atoms with E-state index >= 15 is 0 Å². The quantitative estimate of drug-likeness (QED) is 0.729. The highest BCUT2D eigenvalue weighted by Gasteiger charge is 2.28. The molecular weight excluding hydrogens is 336 g/mol. The number of nitrogens with one attached hydrogen (secondary N) is 1. The van der Waals surface area contributed by atoms with E-state index in [1.807, 2.05) is 24.3 Å². The first kappa shape index (κ1) is 15.9. The molecule has 7 heteroatoms. The van der Waals surface area contributed by atoms with Gasteiger partial charge in [-0.1, -0.05) is 17.3 Å². The fourth-order valence-electron chi connectivity index (χ4n) is 2.76. The van der Waals surface area contributed by atoms with E-state index in [1.54, 1.807) is 24.3 Å². The van der Waals surface area contributed by atoms with Gasteiger partial charge in [0.05, 0.1) is 23.8 Å². The van der Waals surface area contributed by atoms with Crippen LogP contribution in [0.15, 0.2) is 53.1 Å². The number of fused-ring (bicyclic) bond motifs is 3. The van der Waals surface area contributed by atoms with E-state index in [1.165, 1.54) is 7.11 Å². The molecule has 2 heterocycles. The summed E-state index contributed by atoms with van der Waals surface area (Å²) in [5.41, 5.74) is 2.47. The van der Waals surface area contributed by atoms with Crippen molar-refractivity contribution in [2.75, 3.05) is 12.4 Å². The lowest BCUT2D eigenvalue weighted by molar-refractivity contribution is 0.0600. The van der Waals surface area contributed by atoms with E-state index < -0.39 is 11.9 Å². The SMILES string of the molecule is COC(=O)c1ccc(NC(=O)c2noc3c2COc2ccccc2-3)cc1. The number of methoxy groups -OCH3 is 1. The van der Waals surface area contributed by atoms with Crippen molar-refractivity contribution in [3.05, 3.63) is 65.4 Å². The molecule has 26 heavy (non-hydrogen) atoms. The van der Waals surface area contributed by atoms with Crippen LogP contribution in [0.1, 0.15) is 26.4 Å². The molecule has 0 aliphatic carbocycles. The number of ether oxygens (including phenoxy) is 2. The maximum absolute atomic E-state index is 12.6. The van der Waals surface area contributed by atoms with Crippen LogP contribution < -0.4 is 10.1 Å². The van der Waals surface area contributed by atoms with Gasteiger partial charge in [-0.15, -0.1) is 0 Å². The van der Waals surface area contributed by atoms with Crippen LogP contribution in [0.25, 0.3) is 11.3 Å². The number of esters is 1. The lowest BCUT2D eigenvalue weighted by Crippen LogP contribution is -2.16. The summed E-state index contributed by atoms with van der Waals surface area (Å²) in [5, 5.41) is 6.64. The van der Waals surface area contributed by atoms with Crippen molar-refractivity contribution >= 4 is 17.6 Å². The average Bonchev–Trinajstić information content (AvgIpc) is 3.12. The number of carbonyl (C=O) groups is 2. The molecule has 1 aliphatic heterocycles. The second kappa shape index (κ2) is 6.36. The summed E-state index contributed by atoms with van der Waals surface area (Å²) in [6.45, 7) is 0.208. The largest absolute Gasteiger partial charge is 0.488 e. The third-order valence-electron chi connectivity index (χ3n) is 4.07. The first-order valence-electron chi connectivity index (χ1n) is 7.88. The molecule has 0 saturated carbocycles. The zero-order valence-electron chi connectivity index (χ0n) is 13.8. The van der Waals surface area contributed by atoms with Gasteiger partial charge in [0, 0.05) is 5.69 Å². The van der Waals surface area contributed by atoms with Crippen LogP contribution in [0.4, 0.5) is 5.69 Å². The van der Waals surface area contributed by atoms with Crippen LogP contribution in [0.3, 0.4) is 0 Å². The van der Waals surface area contributed by atoms with Gasteiger partial charge in [0.2, 0.25) is 0 Å². The van der Waals surface area contributed by atoms with Crippen molar-refractivity contribution < 1.29 is 23.6 Å². The Morgan fingerprint density at radius 3 is 2.65 bits per heavy atom. The third-order valence-corrected chi connectivity index (χ3v) is 4.07. The highest BCUT2D eigenvalue weighted by Crippen LogP contribution is 2.38. The van der Waals surface area contributed by atoms with Crippen molar-refractivity contribution in [3.63, 3.8) is 0 Å². The van der Waals surface area contributed by atoms with Crippen molar-refractivity contribution in [2.24, 2.45) is 0 Å². The van der Waals surface area contributed by atoms with Gasteiger partial charge in [0.25, 0.3) is 5.91 Å². The molecule has 1 aromatic heterocycles. The van der Waals surface area contributed by atoms with Gasteiger partial charge in [-0.25, -0.2) is 4.79 Å². The minimum Gasteiger partial charge on any atom is -0.488 e. The molecule has 1 aliphatic rings. The Labute approximate surface area is 148 Å². The van der Waals surface area contributed by atoms with Crippen LogP contribution in [0.5, 0.6) is 5.75 Å². The van der Waals surface area contributed by atoms with Gasteiger partial charge in [0.1, 0.15) is 12.4 Å². The topological polar surface area (TPSA) is 90.7 Å². The van der Waals surface area contributed by atoms with Crippen molar-refractivity contribution in [1.29, 1.82) is 0 Å². The summed E-state index contributed by atoms with van der Waals surface area (Å²) in [6, 6.07) is 13.8. The molecule has 0 radical (unpaired) electrons. The number of carbonyl (C=O) groups excluding carboxylic acids is 2. The van der Waals surface area contributed by atoms with Crippen molar-refractivity contribution in [3.8, 4) is 17.1 Å². The van der Waals surface area contributed by atoms with Gasteiger partial charge in [-0.2, -0.15) is 0 Å². The van der Waals surface area contributed by atoms with Gasteiger partial charge >= 0.3 is 5.97 Å². The Bertz CT molecular complexity index is 991. The second-order valence-electron chi connectivity index (χ2n) is 5.65. The summed E-state index contributed by atoms with van der Waals surface area (Å²) in [5.74, 6) is 0.382. The fraction of sp³-hybridized carbons (Fsp3) is 0.105. The van der Waals surface area contributed by atoms with Gasteiger partial charge in [-0.3, -0.25) is 4.79 Å². The van der Waals surface area contributed by atoms with E-state index in [0.717, 1.165) is 5.56 Å². The number of anilines is 1. The number of benzene rings is 2. The minimum atomic E-state index is -0.440. The maximum Gasteiger partial charge on any atom is 0.337 e. The van der Waals surface area contributed by atoms with Crippen molar-refractivity contribution in [2.45, 2.75) is 6.61 Å². The number of nitrogens with zero attached hydrogens (tertiary/aromatic N) is 1. The summed E-state index contributed by atoms with van der Waals surface area (Å²) in [6.07, 6.45) is 0. The van der Waals surface area contributed by atoms with Crippen LogP contribution in [-0.2, 0) is 11.3 Å². The minimum absolute atomic E-state index is 0.173. The summed E-state index contributed by atoms with van der Waals surface area (Å²) < 4.78 is 15.7. The molecular formula is C19H14N2O5. The standard InChI is InChI=1S/C19H14N2O5/c1-24-19(23)11-6-8-12(9-7-11)20-18(22)16-14-10-25-15-5-3-2-4-13(15)17(14)26-21-16/h2-9H,10H2,1H3,(H,20,22). The summed E-state index contributed by atoms with van der Waals surface area (Å²) in [7, 11) is 1.31. The third kappa shape index (κ3) is 2.69. The Morgan fingerprint density at radius 1 is 1.12 bits per heavy atom. The number of hydrogen-bond donors (Lipinski definition) is 1. The second-order valence-corrected chi connectivity index (χ2v) is 5.65. The molecule has 1 N–H and O–H groups in total. The Kier molecular flexibility index (Phi) is 3.89. The summed E-state index contributed by atoms with van der Waals surface area (Å²) in [4.78, 5) is 24.0. The molecule has 0 unspecified atom stereocenters.